The third-order valence-corrected chi connectivity index (χ3v) is 4.42. The molecule has 19 heavy (non-hydrogen) atoms. The van der Waals surface area contributed by atoms with Crippen LogP contribution in [0, 0.1) is 13.8 Å². The van der Waals surface area contributed by atoms with Gasteiger partial charge >= 0.3 is 5.97 Å². The van der Waals surface area contributed by atoms with E-state index in [1.54, 1.807) is 27.7 Å². The SMILES string of the molecule is Cc1nn(CCC(=O)O)c(C)c1S(=O)(=O)NC(C)C. The number of nitrogens with one attached hydrogen (secondary N) is 1. The maximum Gasteiger partial charge on any atom is 0.305 e. The third kappa shape index (κ3) is 3.77. The molecule has 1 heterocycles. The fourth-order valence-corrected chi connectivity index (χ4v) is 3.52. The number of aryl methyl sites for hydroxylation is 2. The summed E-state index contributed by atoms with van der Waals surface area (Å²) in [5.41, 5.74) is 0.822. The highest BCUT2D eigenvalue weighted by molar-refractivity contribution is 7.89. The lowest BCUT2D eigenvalue weighted by molar-refractivity contribution is -0.137. The highest BCUT2D eigenvalue weighted by Crippen LogP contribution is 2.19. The molecule has 1 aromatic rings. The van der Waals surface area contributed by atoms with E-state index in [0.717, 1.165) is 0 Å². The number of hydrogen-bond donors (Lipinski definition) is 2. The van der Waals surface area contributed by atoms with Crippen LogP contribution >= 0.6 is 0 Å². The lowest BCUT2D eigenvalue weighted by atomic mass is 10.4. The minimum Gasteiger partial charge on any atom is -0.481 e. The molecule has 0 atom stereocenters. The van der Waals surface area contributed by atoms with Crippen LogP contribution in [0.1, 0.15) is 31.7 Å². The summed E-state index contributed by atoms with van der Waals surface area (Å²) in [4.78, 5) is 10.7. The van der Waals surface area contributed by atoms with Gasteiger partial charge in [-0.1, -0.05) is 0 Å². The number of carbonyl (C=O) groups is 1. The number of aliphatic carboxylic acids is 1. The Bertz CT molecular complexity index is 575. The molecule has 0 amide bonds. The van der Waals surface area contributed by atoms with Gasteiger partial charge in [-0.25, -0.2) is 13.1 Å². The summed E-state index contributed by atoms with van der Waals surface area (Å²) in [6.07, 6.45) is -0.0982. The maximum atomic E-state index is 12.2. The lowest BCUT2D eigenvalue weighted by Crippen LogP contribution is -2.31. The van der Waals surface area contributed by atoms with E-state index < -0.39 is 16.0 Å². The van der Waals surface area contributed by atoms with Crippen molar-refractivity contribution in [3.63, 3.8) is 0 Å². The monoisotopic (exact) mass is 289 g/mol. The van der Waals surface area contributed by atoms with Gasteiger partial charge in [0.1, 0.15) is 4.90 Å². The van der Waals surface area contributed by atoms with Crippen molar-refractivity contribution in [2.75, 3.05) is 0 Å². The first-order valence-electron chi connectivity index (χ1n) is 5.93. The number of carboxylic acid groups (broad SMARTS) is 1. The Kier molecular flexibility index (Phi) is 4.70. The van der Waals surface area contributed by atoms with Gasteiger partial charge in [-0.2, -0.15) is 5.10 Å². The van der Waals surface area contributed by atoms with Crippen LogP contribution in [0.5, 0.6) is 0 Å². The van der Waals surface area contributed by atoms with Crippen molar-refractivity contribution in [2.45, 2.75) is 51.6 Å². The van der Waals surface area contributed by atoms with Crippen LogP contribution in [-0.2, 0) is 21.4 Å². The summed E-state index contributed by atoms with van der Waals surface area (Å²) in [6.45, 7) is 6.84. The fraction of sp³-hybridized carbons (Fsp3) is 0.636. The molecule has 0 saturated heterocycles. The Morgan fingerprint density at radius 2 is 2.00 bits per heavy atom. The fourth-order valence-electron chi connectivity index (χ4n) is 1.86. The number of sulfonamides is 1. The minimum absolute atomic E-state index is 0.0982. The highest BCUT2D eigenvalue weighted by atomic mass is 32.2. The van der Waals surface area contributed by atoms with Gasteiger partial charge in [-0.05, 0) is 27.7 Å². The molecule has 0 aliphatic rings. The van der Waals surface area contributed by atoms with E-state index in [0.29, 0.717) is 11.4 Å². The molecule has 0 fully saturated rings. The van der Waals surface area contributed by atoms with Gasteiger partial charge in [0.25, 0.3) is 0 Å². The number of nitrogens with zero attached hydrogens (tertiary/aromatic N) is 2. The topological polar surface area (TPSA) is 101 Å². The third-order valence-electron chi connectivity index (χ3n) is 2.51. The average Bonchev–Trinajstić information content (AvgIpc) is 2.49. The first kappa shape index (κ1) is 15.6. The smallest absolute Gasteiger partial charge is 0.305 e. The quantitative estimate of drug-likeness (QED) is 0.801. The zero-order valence-electron chi connectivity index (χ0n) is 11.5. The van der Waals surface area contributed by atoms with Crippen LogP contribution in [0.4, 0.5) is 0 Å². The second-order valence-corrected chi connectivity index (χ2v) is 6.29. The Morgan fingerprint density at radius 3 is 2.47 bits per heavy atom. The predicted octanol–water partition coefficient (Wildman–Crippen LogP) is 0.661. The van der Waals surface area contributed by atoms with Gasteiger partial charge in [-0.3, -0.25) is 9.48 Å². The molecule has 2 N–H and O–H groups in total. The van der Waals surface area contributed by atoms with Crippen molar-refractivity contribution in [1.29, 1.82) is 0 Å². The number of aromatic nitrogens is 2. The standard InChI is InChI=1S/C11H19N3O4S/c1-7(2)13-19(17,18)11-8(3)12-14(9(11)4)6-5-10(15)16/h7,13H,5-6H2,1-4H3,(H,15,16). The Labute approximate surface area is 112 Å². The van der Waals surface area contributed by atoms with Crippen molar-refractivity contribution < 1.29 is 18.3 Å². The normalized spacial score (nSPS) is 12.1. The van der Waals surface area contributed by atoms with Gasteiger partial charge < -0.3 is 5.11 Å². The molecule has 1 rings (SSSR count). The van der Waals surface area contributed by atoms with Crippen molar-refractivity contribution in [3.8, 4) is 0 Å². The van der Waals surface area contributed by atoms with Crippen LogP contribution in [0.3, 0.4) is 0 Å². The van der Waals surface area contributed by atoms with E-state index in [1.807, 2.05) is 0 Å². The number of rotatable bonds is 6. The number of hydrogen-bond acceptors (Lipinski definition) is 4. The average molecular weight is 289 g/mol. The van der Waals surface area contributed by atoms with E-state index >= 15 is 0 Å². The second-order valence-electron chi connectivity index (χ2n) is 4.64. The van der Waals surface area contributed by atoms with Gasteiger partial charge in [0, 0.05) is 6.04 Å². The van der Waals surface area contributed by atoms with E-state index in [2.05, 4.69) is 9.82 Å². The molecule has 0 radical (unpaired) electrons. The molecular weight excluding hydrogens is 270 g/mol. The Morgan fingerprint density at radius 1 is 1.42 bits per heavy atom. The molecule has 0 aliphatic heterocycles. The summed E-state index contributed by atoms with van der Waals surface area (Å²) < 4.78 is 28.2. The molecule has 8 heteroatoms. The molecule has 1 aromatic heterocycles. The minimum atomic E-state index is -3.62. The molecule has 0 saturated carbocycles. The molecule has 0 aromatic carbocycles. The van der Waals surface area contributed by atoms with Crippen molar-refractivity contribution in [2.24, 2.45) is 0 Å². The highest BCUT2D eigenvalue weighted by Gasteiger charge is 2.25. The summed E-state index contributed by atoms with van der Waals surface area (Å²) in [6, 6.07) is -0.217. The molecule has 0 unspecified atom stereocenters. The summed E-state index contributed by atoms with van der Waals surface area (Å²) in [5.74, 6) is -0.947. The van der Waals surface area contributed by atoms with E-state index in [1.165, 1.54) is 4.68 Å². The lowest BCUT2D eigenvalue weighted by Gasteiger charge is -2.10. The molecule has 0 aliphatic carbocycles. The van der Waals surface area contributed by atoms with Gasteiger partial charge in [-0.15, -0.1) is 0 Å². The predicted molar refractivity (Wildman–Crippen MR) is 69.4 cm³/mol. The first-order chi connectivity index (χ1) is 8.65. The van der Waals surface area contributed by atoms with Crippen molar-refractivity contribution in [1.82, 2.24) is 14.5 Å². The van der Waals surface area contributed by atoms with E-state index in [-0.39, 0.29) is 23.9 Å². The van der Waals surface area contributed by atoms with Gasteiger partial charge in [0.05, 0.1) is 24.4 Å². The molecule has 0 bridgehead atoms. The van der Waals surface area contributed by atoms with Crippen LogP contribution in [0.25, 0.3) is 0 Å². The van der Waals surface area contributed by atoms with Crippen LogP contribution < -0.4 is 4.72 Å². The van der Waals surface area contributed by atoms with E-state index in [9.17, 15) is 13.2 Å². The largest absolute Gasteiger partial charge is 0.481 e. The summed E-state index contributed by atoms with van der Waals surface area (Å²) in [5, 5.41) is 12.7. The maximum absolute atomic E-state index is 12.2. The van der Waals surface area contributed by atoms with Gasteiger partial charge in [0.2, 0.25) is 10.0 Å². The first-order valence-corrected chi connectivity index (χ1v) is 7.41. The van der Waals surface area contributed by atoms with Crippen LogP contribution in [0.2, 0.25) is 0 Å². The van der Waals surface area contributed by atoms with Crippen LogP contribution in [-0.4, -0.2) is 35.3 Å². The molecule has 7 nitrogen and oxygen atoms in total. The second kappa shape index (κ2) is 5.70. The summed E-state index contributed by atoms with van der Waals surface area (Å²) in [7, 11) is -3.62. The molecule has 108 valence electrons. The molecular formula is C11H19N3O4S. The summed E-state index contributed by atoms with van der Waals surface area (Å²) >= 11 is 0. The number of carboxylic acids is 1. The Hall–Kier alpha value is -1.41. The van der Waals surface area contributed by atoms with Crippen molar-refractivity contribution in [3.05, 3.63) is 11.4 Å². The van der Waals surface area contributed by atoms with E-state index in [4.69, 9.17) is 5.11 Å². The van der Waals surface area contributed by atoms with Crippen LogP contribution in [0.15, 0.2) is 4.90 Å². The molecule has 0 spiro atoms. The zero-order chi connectivity index (χ0) is 14.8. The zero-order valence-corrected chi connectivity index (χ0v) is 12.3. The Balaban J connectivity index is 3.13. The van der Waals surface area contributed by atoms with Gasteiger partial charge in [0.15, 0.2) is 0 Å². The van der Waals surface area contributed by atoms with Crippen molar-refractivity contribution >= 4 is 16.0 Å².